The third kappa shape index (κ3) is 7.22. The van der Waals surface area contributed by atoms with Crippen molar-refractivity contribution in [1.82, 2.24) is 10.6 Å². The Bertz CT molecular complexity index is 507. The van der Waals surface area contributed by atoms with E-state index in [0.29, 0.717) is 13.0 Å². The summed E-state index contributed by atoms with van der Waals surface area (Å²) in [6, 6.07) is 7.65. The molecule has 0 aromatic heterocycles. The molecule has 122 valence electrons. The molecule has 22 heavy (non-hydrogen) atoms. The molecule has 0 bridgehead atoms. The van der Waals surface area contributed by atoms with Gasteiger partial charge in [-0.15, -0.1) is 0 Å². The van der Waals surface area contributed by atoms with Crippen LogP contribution in [0.2, 0.25) is 0 Å². The minimum atomic E-state index is -0.216. The van der Waals surface area contributed by atoms with Gasteiger partial charge in [0.25, 0.3) is 0 Å². The number of benzene rings is 1. The molecule has 5 heteroatoms. The number of anilines is 1. The average molecular weight is 305 g/mol. The van der Waals surface area contributed by atoms with E-state index in [1.165, 1.54) is 0 Å². The molecule has 1 aromatic rings. The topological polar surface area (TPSA) is 70.2 Å². The number of carbonyl (C=O) groups is 2. The number of nitrogens with one attached hydrogen (secondary N) is 3. The second-order valence-electron chi connectivity index (χ2n) is 6.50. The molecule has 0 aliphatic rings. The van der Waals surface area contributed by atoms with Gasteiger partial charge in [-0.2, -0.15) is 0 Å². The lowest BCUT2D eigenvalue weighted by atomic mass is 9.92. The third-order valence-electron chi connectivity index (χ3n) is 2.99. The van der Waals surface area contributed by atoms with E-state index in [1.807, 2.05) is 52.0 Å². The second kappa shape index (κ2) is 8.54. The average Bonchev–Trinajstić information content (AvgIpc) is 2.42. The van der Waals surface area contributed by atoms with E-state index >= 15 is 0 Å². The van der Waals surface area contributed by atoms with Gasteiger partial charge >= 0.3 is 0 Å². The molecule has 0 heterocycles. The van der Waals surface area contributed by atoms with Gasteiger partial charge in [0.05, 0.1) is 6.54 Å². The van der Waals surface area contributed by atoms with E-state index in [0.717, 1.165) is 17.8 Å². The zero-order valence-corrected chi connectivity index (χ0v) is 14.0. The highest BCUT2D eigenvalue weighted by atomic mass is 16.2. The standard InChI is InChI=1S/C17H27N3O2/c1-5-18-11-13-8-6-7-9-14(13)20-16(22)12-19-15(21)10-17(2,3)4/h6-9,18H,5,10-12H2,1-4H3,(H,19,21)(H,20,22). The monoisotopic (exact) mass is 305 g/mol. The van der Waals surface area contributed by atoms with Gasteiger partial charge in [0.15, 0.2) is 0 Å². The Labute approximate surface area is 132 Å². The first-order valence-electron chi connectivity index (χ1n) is 7.67. The Morgan fingerprint density at radius 2 is 1.77 bits per heavy atom. The summed E-state index contributed by atoms with van der Waals surface area (Å²) in [6.45, 7) is 9.56. The van der Waals surface area contributed by atoms with Crippen LogP contribution in [0.1, 0.15) is 39.7 Å². The SMILES string of the molecule is CCNCc1ccccc1NC(=O)CNC(=O)CC(C)(C)C. The molecule has 1 rings (SSSR count). The van der Waals surface area contributed by atoms with E-state index in [-0.39, 0.29) is 23.8 Å². The zero-order valence-electron chi connectivity index (χ0n) is 14.0. The lowest BCUT2D eigenvalue weighted by Gasteiger charge is -2.17. The molecular formula is C17H27N3O2. The fourth-order valence-corrected chi connectivity index (χ4v) is 1.97. The highest BCUT2D eigenvalue weighted by molar-refractivity contribution is 5.95. The van der Waals surface area contributed by atoms with Crippen LogP contribution in [0, 0.1) is 5.41 Å². The molecule has 2 amide bonds. The summed E-state index contributed by atoms with van der Waals surface area (Å²) in [5.41, 5.74) is 1.72. The first-order chi connectivity index (χ1) is 10.3. The van der Waals surface area contributed by atoms with Gasteiger partial charge in [0.1, 0.15) is 0 Å². The van der Waals surface area contributed by atoms with E-state index in [2.05, 4.69) is 16.0 Å². The lowest BCUT2D eigenvalue weighted by Crippen LogP contribution is -2.34. The van der Waals surface area contributed by atoms with Crippen LogP contribution in [-0.2, 0) is 16.1 Å². The Hall–Kier alpha value is -1.88. The van der Waals surface area contributed by atoms with E-state index in [1.54, 1.807) is 0 Å². The van der Waals surface area contributed by atoms with Crippen molar-refractivity contribution in [2.45, 2.75) is 40.7 Å². The van der Waals surface area contributed by atoms with Crippen molar-refractivity contribution in [2.24, 2.45) is 5.41 Å². The Morgan fingerprint density at radius 1 is 1.09 bits per heavy atom. The molecule has 0 fully saturated rings. The van der Waals surface area contributed by atoms with Crippen LogP contribution in [0.5, 0.6) is 0 Å². The number of rotatable bonds is 7. The van der Waals surface area contributed by atoms with Crippen LogP contribution in [0.4, 0.5) is 5.69 Å². The van der Waals surface area contributed by atoms with Crippen LogP contribution >= 0.6 is 0 Å². The fraction of sp³-hybridized carbons (Fsp3) is 0.529. The van der Waals surface area contributed by atoms with Crippen molar-refractivity contribution < 1.29 is 9.59 Å². The summed E-state index contributed by atoms with van der Waals surface area (Å²) in [5.74, 6) is -0.324. The van der Waals surface area contributed by atoms with Gasteiger partial charge in [0.2, 0.25) is 11.8 Å². The second-order valence-corrected chi connectivity index (χ2v) is 6.50. The number of carbonyl (C=O) groups excluding carboxylic acids is 2. The van der Waals surface area contributed by atoms with Gasteiger partial charge in [-0.05, 0) is 23.6 Å². The Morgan fingerprint density at radius 3 is 2.41 bits per heavy atom. The molecule has 0 radical (unpaired) electrons. The molecule has 3 N–H and O–H groups in total. The van der Waals surface area contributed by atoms with Crippen molar-refractivity contribution in [3.05, 3.63) is 29.8 Å². The molecule has 0 saturated heterocycles. The van der Waals surface area contributed by atoms with Crippen molar-refractivity contribution in [3.63, 3.8) is 0 Å². The summed E-state index contributed by atoms with van der Waals surface area (Å²) in [5, 5.41) is 8.73. The van der Waals surface area contributed by atoms with Crippen molar-refractivity contribution >= 4 is 17.5 Å². The molecule has 0 saturated carbocycles. The first-order valence-corrected chi connectivity index (χ1v) is 7.67. The van der Waals surface area contributed by atoms with Crippen LogP contribution in [-0.4, -0.2) is 24.9 Å². The summed E-state index contributed by atoms with van der Waals surface area (Å²) in [7, 11) is 0. The number of hydrogen-bond donors (Lipinski definition) is 3. The molecule has 5 nitrogen and oxygen atoms in total. The van der Waals surface area contributed by atoms with Crippen LogP contribution in [0.3, 0.4) is 0 Å². The fourth-order valence-electron chi connectivity index (χ4n) is 1.97. The maximum Gasteiger partial charge on any atom is 0.243 e. The molecule has 0 spiro atoms. The van der Waals surface area contributed by atoms with Crippen molar-refractivity contribution in [2.75, 3.05) is 18.4 Å². The summed E-state index contributed by atoms with van der Waals surface area (Å²) in [6.07, 6.45) is 0.400. The molecule has 0 aliphatic carbocycles. The van der Waals surface area contributed by atoms with Gasteiger partial charge < -0.3 is 16.0 Å². The summed E-state index contributed by atoms with van der Waals surface area (Å²) in [4.78, 5) is 23.7. The van der Waals surface area contributed by atoms with E-state index in [9.17, 15) is 9.59 Å². The summed E-state index contributed by atoms with van der Waals surface area (Å²) >= 11 is 0. The Balaban J connectivity index is 2.50. The molecule has 1 aromatic carbocycles. The Kier molecular flexibility index (Phi) is 7.05. The van der Waals surface area contributed by atoms with Crippen LogP contribution in [0.15, 0.2) is 24.3 Å². The predicted octanol–water partition coefficient (Wildman–Crippen LogP) is 2.29. The zero-order chi connectivity index (χ0) is 16.6. The van der Waals surface area contributed by atoms with Gasteiger partial charge in [-0.1, -0.05) is 45.9 Å². The van der Waals surface area contributed by atoms with Crippen molar-refractivity contribution in [1.29, 1.82) is 0 Å². The minimum Gasteiger partial charge on any atom is -0.347 e. The number of amides is 2. The van der Waals surface area contributed by atoms with Crippen molar-refractivity contribution in [3.8, 4) is 0 Å². The van der Waals surface area contributed by atoms with E-state index in [4.69, 9.17) is 0 Å². The van der Waals surface area contributed by atoms with Crippen LogP contribution < -0.4 is 16.0 Å². The molecule has 0 atom stereocenters. The third-order valence-corrected chi connectivity index (χ3v) is 2.99. The van der Waals surface area contributed by atoms with E-state index < -0.39 is 0 Å². The van der Waals surface area contributed by atoms with Gasteiger partial charge in [-0.3, -0.25) is 9.59 Å². The van der Waals surface area contributed by atoms with Crippen LogP contribution in [0.25, 0.3) is 0 Å². The highest BCUT2D eigenvalue weighted by Crippen LogP contribution is 2.17. The normalized spacial score (nSPS) is 11.1. The quantitative estimate of drug-likeness (QED) is 0.724. The first kappa shape index (κ1) is 18.2. The maximum absolute atomic E-state index is 12.0. The minimum absolute atomic E-state index is 0.00947. The number of hydrogen-bond acceptors (Lipinski definition) is 3. The smallest absolute Gasteiger partial charge is 0.243 e. The van der Waals surface area contributed by atoms with Gasteiger partial charge in [0, 0.05) is 18.7 Å². The lowest BCUT2D eigenvalue weighted by molar-refractivity contribution is -0.125. The van der Waals surface area contributed by atoms with Gasteiger partial charge in [-0.25, -0.2) is 0 Å². The largest absolute Gasteiger partial charge is 0.347 e. The highest BCUT2D eigenvalue weighted by Gasteiger charge is 2.16. The molecular weight excluding hydrogens is 278 g/mol. The predicted molar refractivity (Wildman–Crippen MR) is 89.5 cm³/mol. The molecule has 0 aliphatic heterocycles. The number of para-hydroxylation sites is 1. The summed E-state index contributed by atoms with van der Waals surface area (Å²) < 4.78 is 0. The molecule has 0 unspecified atom stereocenters. The maximum atomic E-state index is 12.0.